The number of hydrogen-bond donors (Lipinski definition) is 1. The number of aryl methyl sites for hydroxylation is 2. The summed E-state index contributed by atoms with van der Waals surface area (Å²) >= 11 is 0. The van der Waals surface area contributed by atoms with E-state index >= 15 is 0 Å². The van der Waals surface area contributed by atoms with Crippen LogP contribution in [0.3, 0.4) is 0 Å². The zero-order chi connectivity index (χ0) is 16.8. The smallest absolute Gasteiger partial charge is 0.256 e. The fourth-order valence-electron chi connectivity index (χ4n) is 2.42. The molecule has 0 aliphatic heterocycles. The van der Waals surface area contributed by atoms with Crippen LogP contribution in [0.15, 0.2) is 66.9 Å². The predicted molar refractivity (Wildman–Crippen MR) is 91.5 cm³/mol. The molecule has 118 valence electrons. The van der Waals surface area contributed by atoms with Gasteiger partial charge in [-0.05, 0) is 30.2 Å². The normalized spacial score (nSPS) is 10.1. The Bertz CT molecular complexity index is 878. The van der Waals surface area contributed by atoms with E-state index in [4.69, 9.17) is 5.26 Å². The molecule has 1 amide bonds. The van der Waals surface area contributed by atoms with E-state index < -0.39 is 0 Å². The molecule has 0 aliphatic rings. The number of hydrogen-bond acceptors (Lipinski definition) is 3. The number of amides is 1. The van der Waals surface area contributed by atoms with Crippen molar-refractivity contribution < 1.29 is 4.79 Å². The predicted octanol–water partition coefficient (Wildman–Crippen LogP) is 3.25. The summed E-state index contributed by atoms with van der Waals surface area (Å²) in [7, 11) is 0. The van der Waals surface area contributed by atoms with Gasteiger partial charge in [-0.15, -0.1) is 0 Å². The number of carbonyl (C=O) groups is 1. The van der Waals surface area contributed by atoms with Crippen LogP contribution in [0.2, 0.25) is 0 Å². The van der Waals surface area contributed by atoms with Crippen LogP contribution in [-0.2, 0) is 13.0 Å². The first-order valence-corrected chi connectivity index (χ1v) is 7.63. The number of benzene rings is 2. The molecule has 0 fully saturated rings. The molecule has 0 saturated carbocycles. The van der Waals surface area contributed by atoms with Crippen molar-refractivity contribution in [2.75, 3.05) is 5.32 Å². The SMILES string of the molecule is N#Cc1cccc(C(=O)Nc2ccnn2CCc2ccccc2)c1. The Morgan fingerprint density at radius 3 is 2.75 bits per heavy atom. The van der Waals surface area contributed by atoms with E-state index in [-0.39, 0.29) is 5.91 Å². The van der Waals surface area contributed by atoms with Gasteiger partial charge < -0.3 is 5.32 Å². The van der Waals surface area contributed by atoms with E-state index in [0.717, 1.165) is 6.42 Å². The topological polar surface area (TPSA) is 70.7 Å². The monoisotopic (exact) mass is 316 g/mol. The average molecular weight is 316 g/mol. The van der Waals surface area contributed by atoms with Crippen LogP contribution in [0, 0.1) is 11.3 Å². The molecule has 3 aromatic rings. The molecule has 1 heterocycles. The van der Waals surface area contributed by atoms with Gasteiger partial charge in [0.1, 0.15) is 5.82 Å². The highest BCUT2D eigenvalue weighted by Gasteiger charge is 2.10. The van der Waals surface area contributed by atoms with Crippen molar-refractivity contribution in [3.63, 3.8) is 0 Å². The maximum atomic E-state index is 12.3. The first kappa shape index (κ1) is 15.5. The minimum Gasteiger partial charge on any atom is -0.307 e. The molecule has 3 rings (SSSR count). The maximum absolute atomic E-state index is 12.3. The van der Waals surface area contributed by atoms with Gasteiger partial charge >= 0.3 is 0 Å². The van der Waals surface area contributed by atoms with Crippen LogP contribution >= 0.6 is 0 Å². The largest absolute Gasteiger partial charge is 0.307 e. The quantitative estimate of drug-likeness (QED) is 0.785. The Morgan fingerprint density at radius 1 is 1.12 bits per heavy atom. The number of nitrogens with one attached hydrogen (secondary N) is 1. The zero-order valence-electron chi connectivity index (χ0n) is 13.0. The Balaban J connectivity index is 1.69. The highest BCUT2D eigenvalue weighted by Crippen LogP contribution is 2.12. The summed E-state index contributed by atoms with van der Waals surface area (Å²) in [4.78, 5) is 12.3. The van der Waals surface area contributed by atoms with Gasteiger partial charge in [-0.1, -0.05) is 36.4 Å². The fraction of sp³-hybridized carbons (Fsp3) is 0.105. The lowest BCUT2D eigenvalue weighted by molar-refractivity contribution is 0.102. The lowest BCUT2D eigenvalue weighted by Gasteiger charge is -2.09. The third-order valence-corrected chi connectivity index (χ3v) is 3.67. The van der Waals surface area contributed by atoms with E-state index in [0.29, 0.717) is 23.5 Å². The van der Waals surface area contributed by atoms with Gasteiger partial charge in [-0.25, -0.2) is 4.68 Å². The van der Waals surface area contributed by atoms with Crippen molar-refractivity contribution in [2.24, 2.45) is 0 Å². The van der Waals surface area contributed by atoms with Gasteiger partial charge in [0.15, 0.2) is 0 Å². The van der Waals surface area contributed by atoms with Crippen LogP contribution in [-0.4, -0.2) is 15.7 Å². The van der Waals surface area contributed by atoms with E-state index in [2.05, 4.69) is 22.5 Å². The highest BCUT2D eigenvalue weighted by molar-refractivity contribution is 6.04. The molecule has 0 unspecified atom stereocenters. The number of aromatic nitrogens is 2. The molecule has 0 bridgehead atoms. The van der Waals surface area contributed by atoms with Crippen LogP contribution in [0.4, 0.5) is 5.82 Å². The van der Waals surface area contributed by atoms with Crippen LogP contribution in [0.1, 0.15) is 21.5 Å². The van der Waals surface area contributed by atoms with Gasteiger partial charge in [0, 0.05) is 18.2 Å². The van der Waals surface area contributed by atoms with E-state index in [1.54, 1.807) is 41.2 Å². The maximum Gasteiger partial charge on any atom is 0.256 e. The third kappa shape index (κ3) is 3.68. The van der Waals surface area contributed by atoms with Crippen LogP contribution < -0.4 is 5.32 Å². The highest BCUT2D eigenvalue weighted by atomic mass is 16.1. The van der Waals surface area contributed by atoms with Gasteiger partial charge in [-0.3, -0.25) is 4.79 Å². The lowest BCUT2D eigenvalue weighted by Crippen LogP contribution is -2.16. The summed E-state index contributed by atoms with van der Waals surface area (Å²) in [5.74, 6) is 0.381. The minimum atomic E-state index is -0.256. The second-order valence-corrected chi connectivity index (χ2v) is 5.32. The Hall–Kier alpha value is -3.39. The molecule has 0 radical (unpaired) electrons. The summed E-state index contributed by atoms with van der Waals surface area (Å²) in [6, 6.07) is 20.5. The summed E-state index contributed by atoms with van der Waals surface area (Å²) in [5.41, 5.74) is 2.12. The Morgan fingerprint density at radius 2 is 1.96 bits per heavy atom. The van der Waals surface area contributed by atoms with Gasteiger partial charge in [-0.2, -0.15) is 10.4 Å². The molecular weight excluding hydrogens is 300 g/mol. The molecule has 0 spiro atoms. The average Bonchev–Trinajstić information content (AvgIpc) is 3.08. The molecule has 0 atom stereocenters. The minimum absolute atomic E-state index is 0.256. The number of anilines is 1. The summed E-state index contributed by atoms with van der Waals surface area (Å²) in [5, 5.41) is 16.0. The van der Waals surface area contributed by atoms with Gasteiger partial charge in [0.2, 0.25) is 0 Å². The second kappa shape index (κ2) is 7.25. The first-order valence-electron chi connectivity index (χ1n) is 7.63. The van der Waals surface area contributed by atoms with Gasteiger partial charge in [0.05, 0.1) is 17.8 Å². The van der Waals surface area contributed by atoms with Crippen molar-refractivity contribution in [1.29, 1.82) is 5.26 Å². The summed E-state index contributed by atoms with van der Waals surface area (Å²) in [6.07, 6.45) is 2.49. The molecular formula is C19H16N4O. The molecule has 5 nitrogen and oxygen atoms in total. The number of nitrogens with zero attached hydrogens (tertiary/aromatic N) is 3. The van der Waals surface area contributed by atoms with E-state index in [9.17, 15) is 4.79 Å². The van der Waals surface area contributed by atoms with Crippen molar-refractivity contribution >= 4 is 11.7 Å². The number of nitriles is 1. The number of carbonyl (C=O) groups excluding carboxylic acids is 1. The second-order valence-electron chi connectivity index (χ2n) is 5.32. The Kier molecular flexibility index (Phi) is 4.68. The van der Waals surface area contributed by atoms with Crippen molar-refractivity contribution in [1.82, 2.24) is 9.78 Å². The summed E-state index contributed by atoms with van der Waals surface area (Å²) in [6.45, 7) is 0.671. The molecule has 24 heavy (non-hydrogen) atoms. The van der Waals surface area contributed by atoms with Gasteiger partial charge in [0.25, 0.3) is 5.91 Å². The first-order chi connectivity index (χ1) is 11.8. The molecule has 1 aromatic heterocycles. The molecule has 2 aromatic carbocycles. The zero-order valence-corrected chi connectivity index (χ0v) is 13.0. The van der Waals surface area contributed by atoms with E-state index in [1.165, 1.54) is 5.56 Å². The molecule has 1 N–H and O–H groups in total. The molecule has 0 aliphatic carbocycles. The number of rotatable bonds is 5. The standard InChI is InChI=1S/C19H16N4O/c20-14-16-7-4-8-17(13-16)19(24)22-18-9-11-21-23(18)12-10-15-5-2-1-3-6-15/h1-9,11,13H,10,12H2,(H,22,24). The third-order valence-electron chi connectivity index (χ3n) is 3.67. The fourth-order valence-corrected chi connectivity index (χ4v) is 2.42. The van der Waals surface area contributed by atoms with Crippen molar-refractivity contribution in [2.45, 2.75) is 13.0 Å². The van der Waals surface area contributed by atoms with Crippen LogP contribution in [0.5, 0.6) is 0 Å². The lowest BCUT2D eigenvalue weighted by atomic mass is 10.1. The molecule has 5 heteroatoms. The van der Waals surface area contributed by atoms with Crippen molar-refractivity contribution in [3.8, 4) is 6.07 Å². The summed E-state index contributed by atoms with van der Waals surface area (Å²) < 4.78 is 1.76. The van der Waals surface area contributed by atoms with Crippen molar-refractivity contribution in [3.05, 3.63) is 83.6 Å². The molecule has 0 saturated heterocycles. The van der Waals surface area contributed by atoms with E-state index in [1.807, 2.05) is 24.3 Å². The Labute approximate surface area is 140 Å². The van der Waals surface area contributed by atoms with Crippen LogP contribution in [0.25, 0.3) is 0 Å².